The Morgan fingerprint density at radius 3 is 2.87 bits per heavy atom. The van der Waals surface area contributed by atoms with Crippen LogP contribution < -0.4 is 5.32 Å². The van der Waals surface area contributed by atoms with Crippen molar-refractivity contribution in [3.63, 3.8) is 0 Å². The van der Waals surface area contributed by atoms with Gasteiger partial charge < -0.3 is 5.32 Å². The first kappa shape index (κ1) is 12.2. The van der Waals surface area contributed by atoms with E-state index in [1.807, 2.05) is 6.20 Å². The fraction of sp³-hybridized carbons (Fsp3) is 0.636. The van der Waals surface area contributed by atoms with E-state index < -0.39 is 0 Å². The highest BCUT2D eigenvalue weighted by molar-refractivity contribution is 7.15. The SMILES string of the molecule is CCCCC(=O)Nc1ncc(C(C)C)s1. The third kappa shape index (κ3) is 4.00. The Morgan fingerprint density at radius 1 is 1.60 bits per heavy atom. The van der Waals surface area contributed by atoms with Gasteiger partial charge in [0.2, 0.25) is 5.91 Å². The van der Waals surface area contributed by atoms with Crippen molar-refractivity contribution in [2.24, 2.45) is 0 Å². The number of hydrogen-bond donors (Lipinski definition) is 1. The van der Waals surface area contributed by atoms with Crippen LogP contribution in [0, 0.1) is 0 Å². The van der Waals surface area contributed by atoms with Crippen molar-refractivity contribution < 1.29 is 4.79 Å². The van der Waals surface area contributed by atoms with Crippen molar-refractivity contribution in [1.29, 1.82) is 0 Å². The van der Waals surface area contributed by atoms with Crippen molar-refractivity contribution in [3.05, 3.63) is 11.1 Å². The molecule has 0 bridgehead atoms. The van der Waals surface area contributed by atoms with Gasteiger partial charge in [-0.3, -0.25) is 4.79 Å². The summed E-state index contributed by atoms with van der Waals surface area (Å²) >= 11 is 1.56. The van der Waals surface area contributed by atoms with Gasteiger partial charge in [0.1, 0.15) is 0 Å². The van der Waals surface area contributed by atoms with Crippen LogP contribution in [0.3, 0.4) is 0 Å². The molecule has 0 aliphatic heterocycles. The molecule has 0 saturated heterocycles. The lowest BCUT2D eigenvalue weighted by atomic mass is 10.2. The zero-order chi connectivity index (χ0) is 11.3. The van der Waals surface area contributed by atoms with E-state index in [2.05, 4.69) is 31.1 Å². The minimum absolute atomic E-state index is 0.0708. The van der Waals surface area contributed by atoms with Crippen LogP contribution in [0.1, 0.15) is 50.8 Å². The maximum Gasteiger partial charge on any atom is 0.226 e. The average molecular weight is 226 g/mol. The molecule has 0 unspecified atom stereocenters. The van der Waals surface area contributed by atoms with E-state index in [0.29, 0.717) is 12.3 Å². The van der Waals surface area contributed by atoms with Crippen molar-refractivity contribution in [1.82, 2.24) is 4.98 Å². The van der Waals surface area contributed by atoms with E-state index in [9.17, 15) is 4.79 Å². The van der Waals surface area contributed by atoms with Crippen LogP contribution >= 0.6 is 11.3 Å². The smallest absolute Gasteiger partial charge is 0.226 e. The molecule has 0 radical (unpaired) electrons. The molecule has 4 heteroatoms. The van der Waals surface area contributed by atoms with Crippen molar-refractivity contribution >= 4 is 22.4 Å². The molecule has 0 aliphatic carbocycles. The number of unbranched alkanes of at least 4 members (excludes halogenated alkanes) is 1. The third-order valence-corrected chi connectivity index (χ3v) is 3.31. The number of nitrogens with one attached hydrogen (secondary N) is 1. The van der Waals surface area contributed by atoms with Gasteiger partial charge in [0.15, 0.2) is 5.13 Å². The molecule has 0 atom stereocenters. The summed E-state index contributed by atoms with van der Waals surface area (Å²) in [7, 11) is 0. The second kappa shape index (κ2) is 5.85. The molecule has 1 aromatic heterocycles. The van der Waals surface area contributed by atoms with E-state index in [-0.39, 0.29) is 5.91 Å². The van der Waals surface area contributed by atoms with Crippen molar-refractivity contribution in [2.45, 2.75) is 46.0 Å². The highest BCUT2D eigenvalue weighted by Gasteiger charge is 2.07. The number of amides is 1. The maximum absolute atomic E-state index is 11.4. The molecule has 3 nitrogen and oxygen atoms in total. The van der Waals surface area contributed by atoms with Gasteiger partial charge in [-0.2, -0.15) is 0 Å². The van der Waals surface area contributed by atoms with Crippen LogP contribution in [-0.2, 0) is 4.79 Å². The number of rotatable bonds is 5. The molecule has 0 fully saturated rings. The quantitative estimate of drug-likeness (QED) is 0.836. The number of carbonyl (C=O) groups is 1. The molecule has 1 N–H and O–H groups in total. The molecule has 1 amide bonds. The summed E-state index contributed by atoms with van der Waals surface area (Å²) in [6.45, 7) is 6.32. The molecule has 0 spiro atoms. The second-order valence-electron chi connectivity index (χ2n) is 3.87. The van der Waals surface area contributed by atoms with Gasteiger partial charge >= 0.3 is 0 Å². The lowest BCUT2D eigenvalue weighted by Crippen LogP contribution is -2.10. The van der Waals surface area contributed by atoms with Gasteiger partial charge in [-0.1, -0.05) is 27.2 Å². The van der Waals surface area contributed by atoms with Gasteiger partial charge in [0.05, 0.1) is 0 Å². The van der Waals surface area contributed by atoms with Crippen molar-refractivity contribution in [3.8, 4) is 0 Å². The highest BCUT2D eigenvalue weighted by atomic mass is 32.1. The van der Waals surface area contributed by atoms with Crippen LogP contribution in [0.2, 0.25) is 0 Å². The Hall–Kier alpha value is -0.900. The van der Waals surface area contributed by atoms with Crippen LogP contribution in [0.25, 0.3) is 0 Å². The van der Waals surface area contributed by atoms with E-state index in [1.54, 1.807) is 11.3 Å². The molecule has 1 heterocycles. The summed E-state index contributed by atoms with van der Waals surface area (Å²) in [6.07, 6.45) is 4.41. The molecular formula is C11H18N2OS. The summed E-state index contributed by atoms with van der Waals surface area (Å²) in [5.74, 6) is 0.547. The topological polar surface area (TPSA) is 42.0 Å². The zero-order valence-electron chi connectivity index (χ0n) is 9.54. The third-order valence-electron chi connectivity index (χ3n) is 2.10. The van der Waals surface area contributed by atoms with Gasteiger partial charge in [0, 0.05) is 17.5 Å². The molecule has 84 valence electrons. The first-order valence-electron chi connectivity index (χ1n) is 5.39. The van der Waals surface area contributed by atoms with E-state index in [0.717, 1.165) is 18.0 Å². The Morgan fingerprint density at radius 2 is 2.33 bits per heavy atom. The summed E-state index contributed by atoms with van der Waals surface area (Å²) in [5.41, 5.74) is 0. The van der Waals surface area contributed by atoms with Crippen LogP contribution in [0.5, 0.6) is 0 Å². The van der Waals surface area contributed by atoms with E-state index in [4.69, 9.17) is 0 Å². The first-order chi connectivity index (χ1) is 7.13. The summed E-state index contributed by atoms with van der Waals surface area (Å²) < 4.78 is 0. The molecule has 1 rings (SSSR count). The number of anilines is 1. The molecule has 0 saturated carbocycles. The largest absolute Gasteiger partial charge is 0.302 e. The minimum atomic E-state index is 0.0708. The number of hydrogen-bond acceptors (Lipinski definition) is 3. The van der Waals surface area contributed by atoms with Crippen LogP contribution in [0.15, 0.2) is 6.20 Å². The zero-order valence-corrected chi connectivity index (χ0v) is 10.4. The highest BCUT2D eigenvalue weighted by Crippen LogP contribution is 2.25. The Bertz CT molecular complexity index is 320. The summed E-state index contributed by atoms with van der Waals surface area (Å²) in [6, 6.07) is 0. The Kier molecular flexibility index (Phi) is 4.75. The second-order valence-corrected chi connectivity index (χ2v) is 4.94. The number of thiazole rings is 1. The summed E-state index contributed by atoms with van der Waals surface area (Å²) in [5, 5.41) is 3.54. The van der Waals surface area contributed by atoms with E-state index >= 15 is 0 Å². The number of aromatic nitrogens is 1. The van der Waals surface area contributed by atoms with Gasteiger partial charge in [-0.25, -0.2) is 4.98 Å². The molecule has 0 aromatic carbocycles. The van der Waals surface area contributed by atoms with Crippen molar-refractivity contribution in [2.75, 3.05) is 5.32 Å². The van der Waals surface area contributed by atoms with Gasteiger partial charge in [0.25, 0.3) is 0 Å². The lowest BCUT2D eigenvalue weighted by Gasteiger charge is -2.00. The molecule has 15 heavy (non-hydrogen) atoms. The molecule has 0 aliphatic rings. The predicted molar refractivity (Wildman–Crippen MR) is 64.4 cm³/mol. The monoisotopic (exact) mass is 226 g/mol. The number of nitrogens with zero attached hydrogens (tertiary/aromatic N) is 1. The predicted octanol–water partition coefficient (Wildman–Crippen LogP) is 3.40. The average Bonchev–Trinajstić information content (AvgIpc) is 2.63. The number of carbonyl (C=O) groups excluding carboxylic acids is 1. The van der Waals surface area contributed by atoms with Crippen LogP contribution in [0.4, 0.5) is 5.13 Å². The first-order valence-corrected chi connectivity index (χ1v) is 6.20. The summed E-state index contributed by atoms with van der Waals surface area (Å²) in [4.78, 5) is 16.8. The molecular weight excluding hydrogens is 208 g/mol. The van der Waals surface area contributed by atoms with Crippen LogP contribution in [-0.4, -0.2) is 10.9 Å². The normalized spacial score (nSPS) is 10.7. The standard InChI is InChI=1S/C11H18N2OS/c1-4-5-6-10(14)13-11-12-7-9(15-11)8(2)3/h7-8H,4-6H2,1-3H3,(H,12,13,14). The molecule has 1 aromatic rings. The lowest BCUT2D eigenvalue weighted by molar-refractivity contribution is -0.116. The Labute approximate surface area is 94.9 Å². The maximum atomic E-state index is 11.4. The van der Waals surface area contributed by atoms with E-state index in [1.165, 1.54) is 4.88 Å². The fourth-order valence-electron chi connectivity index (χ4n) is 1.13. The Balaban J connectivity index is 2.46. The van der Waals surface area contributed by atoms with Gasteiger partial charge in [-0.05, 0) is 12.3 Å². The van der Waals surface area contributed by atoms with Gasteiger partial charge in [-0.15, -0.1) is 11.3 Å². The fourth-order valence-corrected chi connectivity index (χ4v) is 1.97. The minimum Gasteiger partial charge on any atom is -0.302 e.